The summed E-state index contributed by atoms with van der Waals surface area (Å²) in [7, 11) is 3.09. The molecule has 1 aromatic rings. The number of carbonyl (C=O) groups is 2. The van der Waals surface area contributed by atoms with Crippen molar-refractivity contribution in [1.29, 1.82) is 0 Å². The lowest BCUT2D eigenvalue weighted by Gasteiger charge is -2.20. The van der Waals surface area contributed by atoms with Crippen LogP contribution in [-0.4, -0.2) is 50.7 Å². The minimum atomic E-state index is -0.599. The van der Waals surface area contributed by atoms with Crippen molar-refractivity contribution in [1.82, 2.24) is 4.90 Å². The Labute approximate surface area is 148 Å². The number of ether oxygens (including phenoxy) is 3. The fourth-order valence-corrected chi connectivity index (χ4v) is 2.09. The maximum Gasteiger partial charge on any atom is 0.331 e. The maximum absolute atomic E-state index is 12.0. The zero-order valence-electron chi connectivity index (χ0n) is 15.2. The molecule has 6 heteroatoms. The van der Waals surface area contributed by atoms with Gasteiger partial charge in [0.2, 0.25) is 0 Å². The number of hydrogen-bond acceptors (Lipinski definition) is 5. The lowest BCUT2D eigenvalue weighted by Crippen LogP contribution is -2.35. The lowest BCUT2D eigenvalue weighted by atomic mass is 10.2. The number of methoxy groups -OCH3 is 2. The number of benzene rings is 1. The summed E-state index contributed by atoms with van der Waals surface area (Å²) in [6, 6.07) is 5.23. The summed E-state index contributed by atoms with van der Waals surface area (Å²) in [6.07, 6.45) is 2.82. The van der Waals surface area contributed by atoms with Gasteiger partial charge in [-0.25, -0.2) is 4.79 Å². The number of amides is 1. The average Bonchev–Trinajstić information content (AvgIpc) is 2.61. The highest BCUT2D eigenvalue weighted by Gasteiger charge is 2.13. The van der Waals surface area contributed by atoms with Crippen molar-refractivity contribution in [3.63, 3.8) is 0 Å². The molecule has 0 bridgehead atoms. The van der Waals surface area contributed by atoms with Gasteiger partial charge in [0, 0.05) is 30.8 Å². The topological polar surface area (TPSA) is 65.1 Å². The molecular weight excluding hydrogens is 322 g/mol. The minimum absolute atomic E-state index is 0.255. The normalized spacial score (nSPS) is 10.4. The van der Waals surface area contributed by atoms with E-state index < -0.39 is 5.97 Å². The first kappa shape index (κ1) is 20.3. The van der Waals surface area contributed by atoms with Gasteiger partial charge < -0.3 is 19.1 Å². The van der Waals surface area contributed by atoms with Gasteiger partial charge >= 0.3 is 5.97 Å². The minimum Gasteiger partial charge on any atom is -0.497 e. The van der Waals surface area contributed by atoms with Crippen molar-refractivity contribution in [3.8, 4) is 11.5 Å². The van der Waals surface area contributed by atoms with Crippen molar-refractivity contribution in [3.05, 3.63) is 42.0 Å². The van der Waals surface area contributed by atoms with E-state index in [0.717, 1.165) is 5.57 Å². The van der Waals surface area contributed by atoms with Crippen LogP contribution in [0.5, 0.6) is 11.5 Å². The van der Waals surface area contributed by atoms with Crippen LogP contribution in [0, 0.1) is 0 Å². The summed E-state index contributed by atoms with van der Waals surface area (Å²) in [6.45, 7) is 8.16. The highest BCUT2D eigenvalue weighted by Crippen LogP contribution is 2.25. The molecule has 136 valence electrons. The molecule has 1 amide bonds. The van der Waals surface area contributed by atoms with E-state index in [-0.39, 0.29) is 12.5 Å². The fraction of sp³-hybridized carbons (Fsp3) is 0.368. The Morgan fingerprint density at radius 3 is 2.52 bits per heavy atom. The van der Waals surface area contributed by atoms with Gasteiger partial charge in [-0.05, 0) is 32.1 Å². The van der Waals surface area contributed by atoms with Crippen LogP contribution in [0.15, 0.2) is 36.4 Å². The van der Waals surface area contributed by atoms with Gasteiger partial charge in [-0.15, -0.1) is 0 Å². The van der Waals surface area contributed by atoms with Gasteiger partial charge in [0.05, 0.1) is 14.2 Å². The Kier molecular flexibility index (Phi) is 8.26. The van der Waals surface area contributed by atoms with Gasteiger partial charge in [0.15, 0.2) is 6.61 Å². The molecule has 1 rings (SSSR count). The molecule has 0 atom stereocenters. The molecule has 0 saturated heterocycles. The molecule has 0 saturated carbocycles. The Hall–Kier alpha value is -2.76. The van der Waals surface area contributed by atoms with Crippen LogP contribution in [0.2, 0.25) is 0 Å². The Bertz CT molecular complexity index is 651. The van der Waals surface area contributed by atoms with Gasteiger partial charge in [0.25, 0.3) is 5.91 Å². The van der Waals surface area contributed by atoms with Gasteiger partial charge in [0.1, 0.15) is 11.5 Å². The summed E-state index contributed by atoms with van der Waals surface area (Å²) < 4.78 is 15.4. The second kappa shape index (κ2) is 10.2. The third kappa shape index (κ3) is 6.71. The summed E-state index contributed by atoms with van der Waals surface area (Å²) in [5.74, 6) is 0.365. The highest BCUT2D eigenvalue weighted by atomic mass is 16.5. The maximum atomic E-state index is 12.0. The van der Waals surface area contributed by atoms with Crippen LogP contribution in [0.1, 0.15) is 19.4 Å². The van der Waals surface area contributed by atoms with Gasteiger partial charge in [-0.1, -0.05) is 12.2 Å². The molecule has 6 nitrogen and oxygen atoms in total. The van der Waals surface area contributed by atoms with Gasteiger partial charge in [-0.2, -0.15) is 0 Å². The third-order valence-corrected chi connectivity index (χ3v) is 3.37. The monoisotopic (exact) mass is 347 g/mol. The molecule has 25 heavy (non-hydrogen) atoms. The van der Waals surface area contributed by atoms with E-state index in [1.807, 2.05) is 13.8 Å². The molecule has 0 radical (unpaired) electrons. The quantitative estimate of drug-likeness (QED) is 0.390. The van der Waals surface area contributed by atoms with Crippen molar-refractivity contribution in [2.24, 2.45) is 0 Å². The fourth-order valence-electron chi connectivity index (χ4n) is 2.09. The number of rotatable bonds is 9. The zero-order valence-corrected chi connectivity index (χ0v) is 15.2. The molecule has 0 fully saturated rings. The summed E-state index contributed by atoms with van der Waals surface area (Å²) >= 11 is 0. The lowest BCUT2D eigenvalue weighted by molar-refractivity contribution is -0.147. The average molecular weight is 347 g/mol. The van der Waals surface area contributed by atoms with E-state index in [4.69, 9.17) is 14.2 Å². The molecule has 0 unspecified atom stereocenters. The van der Waals surface area contributed by atoms with Crippen molar-refractivity contribution in [2.45, 2.75) is 13.8 Å². The first-order valence-electron chi connectivity index (χ1n) is 7.90. The molecule has 0 spiro atoms. The van der Waals surface area contributed by atoms with E-state index in [2.05, 4.69) is 6.58 Å². The largest absolute Gasteiger partial charge is 0.497 e. The first-order chi connectivity index (χ1) is 11.9. The highest BCUT2D eigenvalue weighted by molar-refractivity contribution is 5.89. The van der Waals surface area contributed by atoms with Crippen LogP contribution in [-0.2, 0) is 14.3 Å². The molecule has 0 heterocycles. The summed E-state index contributed by atoms with van der Waals surface area (Å²) in [5, 5.41) is 0. The predicted octanol–water partition coefficient (Wildman–Crippen LogP) is 2.68. The summed E-state index contributed by atoms with van der Waals surface area (Å²) in [5.41, 5.74) is 1.57. The van der Waals surface area contributed by atoms with Crippen LogP contribution in [0.4, 0.5) is 0 Å². The van der Waals surface area contributed by atoms with Gasteiger partial charge in [-0.3, -0.25) is 4.79 Å². The third-order valence-electron chi connectivity index (χ3n) is 3.37. The Morgan fingerprint density at radius 2 is 1.96 bits per heavy atom. The smallest absolute Gasteiger partial charge is 0.331 e. The van der Waals surface area contributed by atoms with Crippen LogP contribution >= 0.6 is 0 Å². The number of likely N-dealkylation sites (N-methyl/N-ethyl adjacent to an activating group) is 1. The van der Waals surface area contributed by atoms with E-state index in [1.54, 1.807) is 36.3 Å². The molecule has 0 aliphatic carbocycles. The van der Waals surface area contributed by atoms with E-state index >= 15 is 0 Å². The second-order valence-corrected chi connectivity index (χ2v) is 5.41. The molecule has 0 aromatic heterocycles. The van der Waals surface area contributed by atoms with E-state index in [1.165, 1.54) is 13.2 Å². The first-order valence-corrected chi connectivity index (χ1v) is 7.90. The summed E-state index contributed by atoms with van der Waals surface area (Å²) in [4.78, 5) is 25.4. The van der Waals surface area contributed by atoms with Crippen molar-refractivity contribution in [2.75, 3.05) is 33.9 Å². The van der Waals surface area contributed by atoms with Crippen LogP contribution in [0.25, 0.3) is 6.08 Å². The number of nitrogens with zero attached hydrogens (tertiary/aromatic N) is 1. The van der Waals surface area contributed by atoms with E-state index in [0.29, 0.717) is 30.2 Å². The number of carbonyl (C=O) groups excluding carboxylic acids is 2. The SMILES string of the molecule is C=C(C)CN(CC)C(=O)COC(=O)/C=C/c1ccc(OC)cc1OC. The molecule has 0 N–H and O–H groups in total. The number of esters is 1. The second-order valence-electron chi connectivity index (χ2n) is 5.41. The Balaban J connectivity index is 2.63. The van der Waals surface area contributed by atoms with Crippen molar-refractivity contribution >= 4 is 18.0 Å². The van der Waals surface area contributed by atoms with Crippen LogP contribution < -0.4 is 9.47 Å². The van der Waals surface area contributed by atoms with Crippen molar-refractivity contribution < 1.29 is 23.8 Å². The van der Waals surface area contributed by atoms with E-state index in [9.17, 15) is 9.59 Å². The Morgan fingerprint density at radius 1 is 1.24 bits per heavy atom. The molecule has 1 aromatic carbocycles. The number of hydrogen-bond donors (Lipinski definition) is 0. The molecule has 0 aliphatic heterocycles. The van der Waals surface area contributed by atoms with Crippen LogP contribution in [0.3, 0.4) is 0 Å². The zero-order chi connectivity index (χ0) is 18.8. The molecule has 0 aliphatic rings. The molecular formula is C19H25NO5. The standard InChI is InChI=1S/C19H25NO5/c1-6-20(12-14(2)3)18(21)13-25-19(22)10-8-15-7-9-16(23-4)11-17(15)24-5/h7-11H,2,6,12-13H2,1,3-5H3/b10-8+. The predicted molar refractivity (Wildman–Crippen MR) is 96.6 cm³/mol.